The van der Waals surface area contributed by atoms with Crippen molar-refractivity contribution >= 4 is 28.6 Å². The van der Waals surface area contributed by atoms with E-state index in [9.17, 15) is 10.1 Å². The maximum atomic E-state index is 10.9. The van der Waals surface area contributed by atoms with Crippen LogP contribution in [0.25, 0.3) is 22.7 Å². The molecule has 0 radical (unpaired) electrons. The zero-order valence-electron chi connectivity index (χ0n) is 12.7. The van der Waals surface area contributed by atoms with E-state index < -0.39 is 5.91 Å². The van der Waals surface area contributed by atoms with Gasteiger partial charge in [-0.25, -0.2) is 4.98 Å². The van der Waals surface area contributed by atoms with Crippen LogP contribution < -0.4 is 10.5 Å². The lowest BCUT2D eigenvalue weighted by molar-refractivity contribution is -0.119. The molecule has 2 aromatic carbocycles. The number of nitrogens with one attached hydrogen (secondary N) is 1. The van der Waals surface area contributed by atoms with Gasteiger partial charge in [0.2, 0.25) is 0 Å². The fraction of sp³-hybridized carbons (Fsp3) is 0.0556. The Hall–Kier alpha value is -3.59. The van der Waals surface area contributed by atoms with Crippen molar-refractivity contribution in [1.82, 2.24) is 9.97 Å². The smallest absolute Gasteiger partial charge is 0.255 e. The average Bonchev–Trinajstić information content (AvgIpc) is 3.02. The van der Waals surface area contributed by atoms with Crippen LogP contribution in [0.4, 0.5) is 0 Å². The number of primary amides is 1. The number of nitrogens with two attached hydrogens (primary N) is 1. The van der Waals surface area contributed by atoms with Crippen molar-refractivity contribution in [3.63, 3.8) is 0 Å². The number of imidazole rings is 1. The van der Waals surface area contributed by atoms with Gasteiger partial charge in [-0.15, -0.1) is 0 Å². The standard InChI is InChI=1S/C18H14N4O2/c19-10-13(18-21-14-6-2-3-7-15(14)22-18)9-12-5-1-4-8-16(12)24-11-17(20)23/h1-9H,11H2,(H2,20,23)(H,21,22). The third-order valence-corrected chi connectivity index (χ3v) is 3.35. The molecule has 24 heavy (non-hydrogen) atoms. The Bertz CT molecular complexity index is 933. The van der Waals surface area contributed by atoms with E-state index in [4.69, 9.17) is 10.5 Å². The highest BCUT2D eigenvalue weighted by atomic mass is 16.5. The van der Waals surface area contributed by atoms with E-state index in [0.29, 0.717) is 22.7 Å². The van der Waals surface area contributed by atoms with Crippen LogP contribution in [-0.2, 0) is 4.79 Å². The summed E-state index contributed by atoms with van der Waals surface area (Å²) in [4.78, 5) is 18.4. The monoisotopic (exact) mass is 318 g/mol. The van der Waals surface area contributed by atoms with Gasteiger partial charge in [0.25, 0.3) is 5.91 Å². The van der Waals surface area contributed by atoms with Crippen LogP contribution in [0.15, 0.2) is 48.5 Å². The minimum atomic E-state index is -0.563. The van der Waals surface area contributed by atoms with Crippen molar-refractivity contribution in [2.24, 2.45) is 5.73 Å². The summed E-state index contributed by atoms with van der Waals surface area (Å²) in [6.07, 6.45) is 1.66. The predicted molar refractivity (Wildman–Crippen MR) is 90.7 cm³/mol. The molecule has 0 atom stereocenters. The van der Waals surface area contributed by atoms with Crippen LogP contribution >= 0.6 is 0 Å². The second-order valence-corrected chi connectivity index (χ2v) is 5.07. The van der Waals surface area contributed by atoms with Crippen LogP contribution in [-0.4, -0.2) is 22.5 Å². The largest absolute Gasteiger partial charge is 0.483 e. The molecule has 6 nitrogen and oxygen atoms in total. The quantitative estimate of drug-likeness (QED) is 0.705. The number of hydrogen-bond donors (Lipinski definition) is 2. The number of nitrogens with zero attached hydrogens (tertiary/aromatic N) is 2. The van der Waals surface area contributed by atoms with Gasteiger partial charge >= 0.3 is 0 Å². The molecule has 0 saturated heterocycles. The molecular weight excluding hydrogens is 304 g/mol. The van der Waals surface area contributed by atoms with Gasteiger partial charge < -0.3 is 15.5 Å². The summed E-state index contributed by atoms with van der Waals surface area (Å²) in [7, 11) is 0. The molecule has 3 N–H and O–H groups in total. The minimum Gasteiger partial charge on any atom is -0.483 e. The van der Waals surface area contributed by atoms with E-state index in [0.717, 1.165) is 11.0 Å². The topological polar surface area (TPSA) is 105 Å². The summed E-state index contributed by atoms with van der Waals surface area (Å²) in [5.74, 6) is 0.384. The highest BCUT2D eigenvalue weighted by Crippen LogP contribution is 2.24. The lowest BCUT2D eigenvalue weighted by Gasteiger charge is -2.07. The van der Waals surface area contributed by atoms with Crippen LogP contribution in [0.3, 0.4) is 0 Å². The summed E-state index contributed by atoms with van der Waals surface area (Å²) in [6, 6.07) is 16.8. The van der Waals surface area contributed by atoms with E-state index in [1.54, 1.807) is 24.3 Å². The maximum Gasteiger partial charge on any atom is 0.255 e. The third kappa shape index (κ3) is 3.25. The molecule has 3 aromatic rings. The molecule has 0 aliphatic rings. The van der Waals surface area contributed by atoms with Crippen molar-refractivity contribution in [3.05, 3.63) is 59.9 Å². The first-order valence-corrected chi connectivity index (χ1v) is 7.24. The third-order valence-electron chi connectivity index (χ3n) is 3.35. The van der Waals surface area contributed by atoms with E-state index in [2.05, 4.69) is 16.0 Å². The number of H-pyrrole nitrogens is 1. The number of rotatable bonds is 5. The fourth-order valence-electron chi connectivity index (χ4n) is 2.27. The normalized spacial score (nSPS) is 11.2. The van der Waals surface area contributed by atoms with Crippen molar-refractivity contribution in [1.29, 1.82) is 5.26 Å². The molecular formula is C18H14N4O2. The highest BCUT2D eigenvalue weighted by Gasteiger charge is 2.10. The number of carbonyl (C=O) groups is 1. The minimum absolute atomic E-state index is 0.225. The number of ether oxygens (including phenoxy) is 1. The van der Waals surface area contributed by atoms with Gasteiger partial charge in [0.1, 0.15) is 17.6 Å². The number of benzene rings is 2. The first kappa shape index (κ1) is 15.3. The van der Waals surface area contributed by atoms with E-state index in [1.165, 1.54) is 0 Å². The number of aromatic nitrogens is 2. The Morgan fingerprint density at radius 1 is 1.25 bits per heavy atom. The van der Waals surface area contributed by atoms with Crippen molar-refractivity contribution in [3.8, 4) is 11.8 Å². The van der Waals surface area contributed by atoms with Gasteiger partial charge in [-0.3, -0.25) is 4.79 Å². The summed E-state index contributed by atoms with van der Waals surface area (Å²) in [6.45, 7) is -0.225. The molecule has 0 saturated carbocycles. The summed E-state index contributed by atoms with van der Waals surface area (Å²) in [5, 5.41) is 9.48. The second kappa shape index (κ2) is 6.67. The van der Waals surface area contributed by atoms with Gasteiger partial charge in [0.05, 0.1) is 16.6 Å². The Morgan fingerprint density at radius 2 is 2.00 bits per heavy atom. The van der Waals surface area contributed by atoms with Crippen LogP contribution in [0.5, 0.6) is 5.75 Å². The molecule has 0 spiro atoms. The molecule has 1 heterocycles. The molecule has 0 aliphatic heterocycles. The molecule has 3 rings (SSSR count). The zero-order valence-corrected chi connectivity index (χ0v) is 12.7. The van der Waals surface area contributed by atoms with Gasteiger partial charge in [0.15, 0.2) is 6.61 Å². The Labute approximate surface area is 138 Å². The van der Waals surface area contributed by atoms with E-state index in [1.807, 2.05) is 30.3 Å². The van der Waals surface area contributed by atoms with Crippen molar-refractivity contribution in [2.75, 3.05) is 6.61 Å². The number of nitriles is 1. The van der Waals surface area contributed by atoms with Gasteiger partial charge in [-0.2, -0.15) is 5.26 Å². The molecule has 6 heteroatoms. The molecule has 0 bridgehead atoms. The highest BCUT2D eigenvalue weighted by molar-refractivity contribution is 5.91. The number of hydrogen-bond acceptors (Lipinski definition) is 4. The van der Waals surface area contributed by atoms with Crippen LogP contribution in [0, 0.1) is 11.3 Å². The zero-order chi connectivity index (χ0) is 16.9. The number of carbonyl (C=O) groups excluding carboxylic acids is 1. The van der Waals surface area contributed by atoms with Gasteiger partial charge in [0, 0.05) is 5.56 Å². The van der Waals surface area contributed by atoms with Crippen LogP contribution in [0.1, 0.15) is 11.4 Å². The molecule has 0 aliphatic carbocycles. The molecule has 0 unspecified atom stereocenters. The number of para-hydroxylation sites is 3. The summed E-state index contributed by atoms with van der Waals surface area (Å²) in [5.41, 5.74) is 7.77. The maximum absolute atomic E-state index is 10.9. The summed E-state index contributed by atoms with van der Waals surface area (Å²) >= 11 is 0. The summed E-state index contributed by atoms with van der Waals surface area (Å²) < 4.78 is 5.38. The second-order valence-electron chi connectivity index (χ2n) is 5.07. The van der Waals surface area contributed by atoms with Crippen molar-refractivity contribution < 1.29 is 9.53 Å². The number of amides is 1. The number of aromatic amines is 1. The van der Waals surface area contributed by atoms with Crippen molar-refractivity contribution in [2.45, 2.75) is 0 Å². The first-order chi connectivity index (χ1) is 11.7. The van der Waals surface area contributed by atoms with E-state index >= 15 is 0 Å². The molecule has 118 valence electrons. The van der Waals surface area contributed by atoms with Crippen LogP contribution in [0.2, 0.25) is 0 Å². The fourth-order valence-corrected chi connectivity index (χ4v) is 2.27. The average molecular weight is 318 g/mol. The van der Waals surface area contributed by atoms with E-state index in [-0.39, 0.29) is 6.61 Å². The number of fused-ring (bicyclic) bond motifs is 1. The Morgan fingerprint density at radius 3 is 2.75 bits per heavy atom. The SMILES string of the molecule is N#CC(=Cc1ccccc1OCC(N)=O)c1nc2ccccc2[nH]1. The molecule has 0 fully saturated rings. The molecule has 1 aromatic heterocycles. The first-order valence-electron chi connectivity index (χ1n) is 7.24. The molecule has 1 amide bonds. The predicted octanol–water partition coefficient (Wildman–Crippen LogP) is 2.49. The van der Waals surface area contributed by atoms with Gasteiger partial charge in [-0.1, -0.05) is 30.3 Å². The Balaban J connectivity index is 1.99. The lowest BCUT2D eigenvalue weighted by Crippen LogP contribution is -2.20. The Kier molecular flexibility index (Phi) is 4.25. The van der Waals surface area contributed by atoms with Gasteiger partial charge in [-0.05, 0) is 24.3 Å². The lowest BCUT2D eigenvalue weighted by atomic mass is 10.1. The number of allylic oxidation sites excluding steroid dienone is 1.